The molecule has 1 aliphatic heterocycles. The maximum atomic E-state index is 10.6. The Morgan fingerprint density at radius 2 is 1.77 bits per heavy atom. The van der Waals surface area contributed by atoms with Gasteiger partial charge in [-0.05, 0) is 38.0 Å². The van der Waals surface area contributed by atoms with Gasteiger partial charge in [-0.3, -0.25) is 4.90 Å². The summed E-state index contributed by atoms with van der Waals surface area (Å²) in [6.07, 6.45) is -0.00106. The van der Waals surface area contributed by atoms with Crippen LogP contribution in [0.1, 0.15) is 28.4 Å². The normalized spacial score (nSPS) is 18.9. The smallest absolute Gasteiger partial charge is 0.203 e. The maximum Gasteiger partial charge on any atom is 0.203 e. The van der Waals surface area contributed by atoms with E-state index in [2.05, 4.69) is 37.2 Å². The Hall–Kier alpha value is -1.93. The molecule has 1 aliphatic rings. The van der Waals surface area contributed by atoms with Crippen LogP contribution in [0.2, 0.25) is 0 Å². The van der Waals surface area contributed by atoms with Crippen LogP contribution in [-0.2, 0) is 0 Å². The van der Waals surface area contributed by atoms with Gasteiger partial charge in [0.2, 0.25) is 5.88 Å². The van der Waals surface area contributed by atoms with Gasteiger partial charge in [0.05, 0.1) is 7.05 Å². The number of fused-ring (bicyclic) bond motifs is 2. The number of nitrogens with one attached hydrogen (secondary N) is 1. The summed E-state index contributed by atoms with van der Waals surface area (Å²) in [6.45, 7) is 5.80. The minimum Gasteiger partial charge on any atom is -1.00 e. The molecule has 0 bridgehead atoms. The summed E-state index contributed by atoms with van der Waals surface area (Å²) in [5.41, 5.74) is 13.1. The average Bonchev–Trinajstić information content (AvgIpc) is 3.06. The Bertz CT molecular complexity index is 983. The van der Waals surface area contributed by atoms with Gasteiger partial charge in [0.25, 0.3) is 0 Å². The van der Waals surface area contributed by atoms with Gasteiger partial charge in [-0.1, -0.05) is 12.1 Å². The third kappa shape index (κ3) is 2.31. The van der Waals surface area contributed by atoms with Crippen molar-refractivity contribution in [3.05, 3.63) is 46.5 Å². The summed E-state index contributed by atoms with van der Waals surface area (Å²) >= 11 is 0. The molecule has 0 saturated heterocycles. The Kier molecular flexibility index (Phi) is 4.60. The van der Waals surface area contributed by atoms with Crippen molar-refractivity contribution < 1.29 is 38.4 Å². The van der Waals surface area contributed by atoms with Gasteiger partial charge in [0, 0.05) is 24.1 Å². The molecule has 3 aromatic rings. The van der Waals surface area contributed by atoms with E-state index in [4.69, 9.17) is 10.2 Å². The molecule has 0 saturated carbocycles. The van der Waals surface area contributed by atoms with Crippen molar-refractivity contribution in [3.63, 3.8) is 0 Å². The quantitative estimate of drug-likeness (QED) is 0.441. The van der Waals surface area contributed by atoms with E-state index in [1.165, 1.54) is 16.3 Å². The summed E-state index contributed by atoms with van der Waals surface area (Å²) in [4.78, 5) is 3.47. The molecule has 138 valence electrons. The number of nitrogens with zero attached hydrogens (tertiary/aromatic N) is 1. The molecule has 0 radical (unpaired) electrons. The van der Waals surface area contributed by atoms with Gasteiger partial charge < -0.3 is 44.1 Å². The van der Waals surface area contributed by atoms with Gasteiger partial charge in [0.15, 0.2) is 11.9 Å². The van der Waals surface area contributed by atoms with E-state index < -0.39 is 0 Å². The molecule has 6 heteroatoms. The predicted octanol–water partition coefficient (Wildman–Crippen LogP) is -0.0553. The molecule has 2 unspecified atom stereocenters. The number of phenolic OH excluding ortho intramolecular Hbond substituents is 1. The van der Waals surface area contributed by atoms with Crippen molar-refractivity contribution in [2.45, 2.75) is 26.9 Å². The summed E-state index contributed by atoms with van der Waals surface area (Å²) < 4.78 is 5.98. The average molecular weight is 465 g/mol. The molecule has 5 nitrogen and oxygen atoms in total. The first kappa shape index (κ1) is 18.8. The molecular weight excluding hydrogens is 441 g/mol. The fourth-order valence-corrected chi connectivity index (χ4v) is 4.22. The minimum absolute atomic E-state index is 0. The molecule has 1 aromatic heterocycles. The molecule has 2 aromatic carbocycles. The largest absolute Gasteiger partial charge is 1.00 e. The fraction of sp³-hybridized carbons (Fsp3) is 0.300. The van der Waals surface area contributed by atoms with Crippen LogP contribution in [0.25, 0.3) is 11.0 Å². The van der Waals surface area contributed by atoms with Gasteiger partial charge in [-0.2, -0.15) is 0 Å². The second-order valence-corrected chi connectivity index (χ2v) is 7.02. The summed E-state index contributed by atoms with van der Waals surface area (Å²) in [5.74, 6) is 0.748. The van der Waals surface area contributed by atoms with Crippen molar-refractivity contribution in [2.24, 2.45) is 0 Å². The lowest BCUT2D eigenvalue weighted by Gasteiger charge is -2.23. The molecule has 0 aliphatic carbocycles. The number of nitrogen functional groups attached to an aromatic ring is 1. The monoisotopic (exact) mass is 465 g/mol. The maximum absolute atomic E-state index is 10.6. The van der Waals surface area contributed by atoms with Crippen LogP contribution < -0.4 is 39.5 Å². The molecule has 26 heavy (non-hydrogen) atoms. The molecular formula is C20H24IN3O2. The first-order valence-corrected chi connectivity index (χ1v) is 8.50. The molecule has 0 amide bonds. The number of quaternary nitrogens is 1. The number of hydrogen-bond donors (Lipinski definition) is 3. The van der Waals surface area contributed by atoms with Crippen molar-refractivity contribution >= 4 is 28.2 Å². The molecule has 0 spiro atoms. The Labute approximate surface area is 170 Å². The highest BCUT2D eigenvalue weighted by Crippen LogP contribution is 2.44. The number of rotatable bonds is 1. The summed E-state index contributed by atoms with van der Waals surface area (Å²) in [5, 5.41) is 11.5. The highest BCUT2D eigenvalue weighted by atomic mass is 127. The first-order chi connectivity index (χ1) is 11.8. The van der Waals surface area contributed by atoms with Crippen LogP contribution in [-0.4, -0.2) is 19.2 Å². The number of aryl methyl sites for hydroxylation is 2. The van der Waals surface area contributed by atoms with Crippen molar-refractivity contribution in [3.8, 4) is 5.75 Å². The predicted molar refractivity (Wildman–Crippen MR) is 101 cm³/mol. The van der Waals surface area contributed by atoms with Crippen LogP contribution in [0, 0.1) is 20.8 Å². The molecule has 4 N–H and O–H groups in total. The Morgan fingerprint density at radius 1 is 1.12 bits per heavy atom. The van der Waals surface area contributed by atoms with Crippen LogP contribution in [0.4, 0.5) is 17.3 Å². The number of furan rings is 1. The fourth-order valence-electron chi connectivity index (χ4n) is 4.22. The van der Waals surface area contributed by atoms with E-state index in [-0.39, 0.29) is 30.1 Å². The van der Waals surface area contributed by atoms with Crippen LogP contribution >= 0.6 is 0 Å². The highest BCUT2D eigenvalue weighted by molar-refractivity contribution is 5.94. The number of benzene rings is 2. The zero-order chi connectivity index (χ0) is 18.0. The molecule has 2 heterocycles. The zero-order valence-electron chi connectivity index (χ0n) is 15.6. The number of para-hydroxylation sites is 2. The van der Waals surface area contributed by atoms with Crippen LogP contribution in [0.15, 0.2) is 28.7 Å². The lowest BCUT2D eigenvalue weighted by atomic mass is 9.97. The number of anilines is 2. The SMILES string of the molecule is Cc1c(O)c(C)c2c(C3N(C)c4ccccc4[NH+]3C)c(N)oc2c1C.[I-]. The second kappa shape index (κ2) is 6.35. The number of halogens is 1. The first-order valence-electron chi connectivity index (χ1n) is 8.50. The van der Waals surface area contributed by atoms with E-state index in [1.807, 2.05) is 26.8 Å². The Balaban J connectivity index is 0.00000196. The lowest BCUT2D eigenvalue weighted by molar-refractivity contribution is -0.838. The number of hydrogen-bond acceptors (Lipinski definition) is 4. The van der Waals surface area contributed by atoms with E-state index in [1.54, 1.807) is 0 Å². The van der Waals surface area contributed by atoms with Gasteiger partial charge >= 0.3 is 0 Å². The number of aromatic hydroxyl groups is 1. The van der Waals surface area contributed by atoms with Gasteiger partial charge in [-0.25, -0.2) is 0 Å². The zero-order valence-corrected chi connectivity index (χ0v) is 17.8. The van der Waals surface area contributed by atoms with Gasteiger partial charge in [0.1, 0.15) is 22.6 Å². The Morgan fingerprint density at radius 3 is 2.42 bits per heavy atom. The van der Waals surface area contributed by atoms with E-state index in [0.717, 1.165) is 33.2 Å². The molecule has 0 fully saturated rings. The van der Waals surface area contributed by atoms with E-state index in [9.17, 15) is 5.11 Å². The third-order valence-corrected chi connectivity index (χ3v) is 5.74. The number of phenols is 1. The van der Waals surface area contributed by atoms with Crippen molar-refractivity contribution in [1.82, 2.24) is 0 Å². The second-order valence-electron chi connectivity index (χ2n) is 7.02. The van der Waals surface area contributed by atoms with Crippen molar-refractivity contribution in [1.29, 1.82) is 0 Å². The number of nitrogens with two attached hydrogens (primary N) is 1. The summed E-state index contributed by atoms with van der Waals surface area (Å²) in [6, 6.07) is 8.36. The van der Waals surface area contributed by atoms with Crippen molar-refractivity contribution in [2.75, 3.05) is 24.7 Å². The van der Waals surface area contributed by atoms with Crippen LogP contribution in [0.5, 0.6) is 5.75 Å². The van der Waals surface area contributed by atoms with Crippen LogP contribution in [0.3, 0.4) is 0 Å². The summed E-state index contributed by atoms with van der Waals surface area (Å²) in [7, 11) is 4.22. The van der Waals surface area contributed by atoms with Gasteiger partial charge in [-0.15, -0.1) is 0 Å². The lowest BCUT2D eigenvalue weighted by Crippen LogP contribution is -3.04. The topological polar surface area (TPSA) is 67.1 Å². The highest BCUT2D eigenvalue weighted by Gasteiger charge is 2.41. The van der Waals surface area contributed by atoms with E-state index in [0.29, 0.717) is 11.6 Å². The standard InChI is InChI=1S/C20H23N3O2.HI/c1-10-11(2)18-15(12(3)17(10)24)16(19(21)25-18)20-22(4)13-8-6-7-9-14(13)23(20)5;/h6-9,20,24H,21H2,1-5H3;1H. The minimum atomic E-state index is -0.00106. The van der Waals surface area contributed by atoms with E-state index >= 15 is 0 Å². The molecule has 4 rings (SSSR count). The molecule has 2 atom stereocenters. The third-order valence-electron chi connectivity index (χ3n) is 5.74.